The van der Waals surface area contributed by atoms with Gasteiger partial charge < -0.3 is 5.32 Å². The van der Waals surface area contributed by atoms with Crippen molar-refractivity contribution in [2.24, 2.45) is 5.92 Å². The number of anilines is 1. The molecule has 1 aromatic heterocycles. The zero-order valence-corrected chi connectivity index (χ0v) is 17.5. The molecule has 154 valence electrons. The fourth-order valence-corrected chi connectivity index (χ4v) is 5.66. The van der Waals surface area contributed by atoms with Gasteiger partial charge in [0.1, 0.15) is 5.82 Å². The molecule has 2 aromatic rings. The van der Waals surface area contributed by atoms with Crippen molar-refractivity contribution in [2.75, 3.05) is 25.0 Å². The molecule has 1 aromatic carbocycles. The smallest absolute Gasteiger partial charge is 0.282 e. The first-order chi connectivity index (χ1) is 13.9. The lowest BCUT2D eigenvalue weighted by molar-refractivity contribution is -0.120. The predicted octanol–water partition coefficient (Wildman–Crippen LogP) is 2.69. The van der Waals surface area contributed by atoms with Crippen molar-refractivity contribution in [3.05, 3.63) is 58.7 Å². The molecule has 9 heteroatoms. The minimum absolute atomic E-state index is 0.180. The van der Waals surface area contributed by atoms with Crippen molar-refractivity contribution in [2.45, 2.75) is 25.8 Å². The number of pyridine rings is 1. The van der Waals surface area contributed by atoms with Gasteiger partial charge in [-0.25, -0.2) is 4.98 Å². The van der Waals surface area contributed by atoms with Crippen LogP contribution in [0.2, 0.25) is 5.02 Å². The summed E-state index contributed by atoms with van der Waals surface area (Å²) in [4.78, 5) is 16.7. The molecule has 2 aliphatic rings. The van der Waals surface area contributed by atoms with Gasteiger partial charge >= 0.3 is 0 Å². The number of hydrogen-bond donors (Lipinski definition) is 1. The summed E-state index contributed by atoms with van der Waals surface area (Å²) in [5.41, 5.74) is 2.24. The molecule has 1 saturated heterocycles. The Balaban J connectivity index is 1.43. The van der Waals surface area contributed by atoms with Crippen LogP contribution in [0.4, 0.5) is 5.82 Å². The van der Waals surface area contributed by atoms with Gasteiger partial charge in [0.05, 0.1) is 10.9 Å². The van der Waals surface area contributed by atoms with E-state index in [-0.39, 0.29) is 12.5 Å². The van der Waals surface area contributed by atoms with Crippen LogP contribution >= 0.6 is 11.6 Å². The van der Waals surface area contributed by atoms with Crippen molar-refractivity contribution in [3.63, 3.8) is 0 Å². The third-order valence-electron chi connectivity index (χ3n) is 5.48. The summed E-state index contributed by atoms with van der Waals surface area (Å²) in [6.07, 6.45) is 3.46. The van der Waals surface area contributed by atoms with Gasteiger partial charge in [0, 0.05) is 32.4 Å². The highest BCUT2D eigenvalue weighted by molar-refractivity contribution is 7.86. The second kappa shape index (κ2) is 8.39. The zero-order valence-electron chi connectivity index (χ0n) is 15.9. The summed E-state index contributed by atoms with van der Waals surface area (Å²) in [5, 5.41) is 3.25. The first-order valence-electron chi connectivity index (χ1n) is 9.68. The molecule has 4 rings (SSSR count). The third-order valence-corrected chi connectivity index (χ3v) is 7.65. The van der Waals surface area contributed by atoms with Crippen LogP contribution in [0.5, 0.6) is 0 Å². The molecular formula is C20H23ClN4O3S. The van der Waals surface area contributed by atoms with E-state index < -0.39 is 16.1 Å². The Hall–Kier alpha value is -2.00. The molecule has 7 nitrogen and oxygen atoms in total. The topological polar surface area (TPSA) is 82.6 Å². The lowest BCUT2D eigenvalue weighted by atomic mass is 9.99. The Bertz CT molecular complexity index is 997. The normalized spacial score (nSPS) is 20.8. The number of piperidine rings is 1. The van der Waals surface area contributed by atoms with Gasteiger partial charge in [0.2, 0.25) is 5.91 Å². The van der Waals surface area contributed by atoms with Crippen molar-refractivity contribution in [1.82, 2.24) is 13.6 Å². The van der Waals surface area contributed by atoms with E-state index in [1.807, 2.05) is 24.3 Å². The Labute approximate surface area is 175 Å². The maximum absolute atomic E-state index is 13.2. The van der Waals surface area contributed by atoms with E-state index in [4.69, 9.17) is 11.6 Å². The summed E-state index contributed by atoms with van der Waals surface area (Å²) < 4.78 is 29.4. The van der Waals surface area contributed by atoms with Gasteiger partial charge in [-0.05, 0) is 42.5 Å². The van der Waals surface area contributed by atoms with Crippen LogP contribution in [0.1, 0.15) is 24.0 Å². The summed E-state index contributed by atoms with van der Waals surface area (Å²) in [7, 11) is -3.62. The molecule has 1 atom stereocenters. The monoisotopic (exact) mass is 434 g/mol. The van der Waals surface area contributed by atoms with Crippen molar-refractivity contribution in [1.29, 1.82) is 0 Å². The van der Waals surface area contributed by atoms with E-state index in [0.717, 1.165) is 5.56 Å². The van der Waals surface area contributed by atoms with E-state index in [9.17, 15) is 13.2 Å². The molecule has 0 saturated carbocycles. The quantitative estimate of drug-likeness (QED) is 0.802. The fourth-order valence-electron chi connectivity index (χ4n) is 3.87. The molecule has 1 N–H and O–H groups in total. The molecule has 0 radical (unpaired) electrons. The summed E-state index contributed by atoms with van der Waals surface area (Å²) in [6, 6.07) is 11.2. The molecule has 0 aliphatic carbocycles. The van der Waals surface area contributed by atoms with E-state index >= 15 is 0 Å². The maximum atomic E-state index is 13.2. The van der Waals surface area contributed by atoms with Crippen LogP contribution in [0.3, 0.4) is 0 Å². The van der Waals surface area contributed by atoms with Gasteiger partial charge in [-0.1, -0.05) is 35.9 Å². The summed E-state index contributed by atoms with van der Waals surface area (Å²) >= 11 is 5.82. The Morgan fingerprint density at radius 2 is 1.90 bits per heavy atom. The standard InChI is InChI=1S/C20H23ClN4O3S/c21-18-7-8-19(22-12-18)23-20(26)17-6-3-10-24(14-17)29(27,28)25-11-9-15-4-1-2-5-16(15)13-25/h1-2,4-5,7-8,12,17H,3,6,9-11,13-14H2,(H,22,23,26). The number of aromatic nitrogens is 1. The summed E-state index contributed by atoms with van der Waals surface area (Å²) in [5.74, 6) is -0.219. The number of nitrogens with one attached hydrogen (secondary N) is 1. The number of halogens is 1. The largest absolute Gasteiger partial charge is 0.310 e. The zero-order chi connectivity index (χ0) is 20.4. The first kappa shape index (κ1) is 20.3. The number of benzene rings is 1. The van der Waals surface area contributed by atoms with Gasteiger partial charge in [-0.3, -0.25) is 4.79 Å². The minimum atomic E-state index is -3.62. The van der Waals surface area contributed by atoms with Crippen molar-refractivity contribution < 1.29 is 13.2 Å². The van der Waals surface area contributed by atoms with Gasteiger partial charge in [0.15, 0.2) is 0 Å². The molecule has 29 heavy (non-hydrogen) atoms. The van der Waals surface area contributed by atoms with Gasteiger partial charge in [-0.2, -0.15) is 17.0 Å². The van der Waals surface area contributed by atoms with Gasteiger partial charge in [-0.15, -0.1) is 0 Å². The predicted molar refractivity (Wildman–Crippen MR) is 112 cm³/mol. The number of carbonyl (C=O) groups excluding carboxylic acids is 1. The Morgan fingerprint density at radius 1 is 1.10 bits per heavy atom. The fraction of sp³-hybridized carbons (Fsp3) is 0.400. The van der Waals surface area contributed by atoms with E-state index in [2.05, 4.69) is 10.3 Å². The van der Waals surface area contributed by atoms with Crippen LogP contribution in [-0.2, 0) is 28.0 Å². The highest BCUT2D eigenvalue weighted by Crippen LogP contribution is 2.26. The highest BCUT2D eigenvalue weighted by Gasteiger charge is 2.37. The van der Waals surface area contributed by atoms with E-state index in [0.29, 0.717) is 49.7 Å². The molecule has 1 unspecified atom stereocenters. The van der Waals surface area contributed by atoms with Crippen LogP contribution in [-0.4, -0.2) is 47.6 Å². The summed E-state index contributed by atoms with van der Waals surface area (Å²) in [6.45, 7) is 1.45. The molecule has 3 heterocycles. The first-order valence-corrected chi connectivity index (χ1v) is 11.5. The SMILES string of the molecule is O=C(Nc1ccc(Cl)cn1)C1CCCN(S(=O)(=O)N2CCc3ccccc3C2)C1. The Morgan fingerprint density at radius 3 is 2.66 bits per heavy atom. The number of nitrogens with zero attached hydrogens (tertiary/aromatic N) is 3. The number of rotatable bonds is 4. The van der Waals surface area contributed by atoms with E-state index in [1.54, 1.807) is 12.1 Å². The molecule has 2 aliphatic heterocycles. The van der Waals surface area contributed by atoms with Crippen LogP contribution in [0, 0.1) is 5.92 Å². The number of fused-ring (bicyclic) bond motifs is 1. The lowest BCUT2D eigenvalue weighted by Gasteiger charge is -2.36. The van der Waals surface area contributed by atoms with Crippen molar-refractivity contribution in [3.8, 4) is 0 Å². The van der Waals surface area contributed by atoms with Crippen LogP contribution < -0.4 is 5.32 Å². The molecule has 0 spiro atoms. The number of hydrogen-bond acceptors (Lipinski definition) is 4. The van der Waals surface area contributed by atoms with Gasteiger partial charge in [0.25, 0.3) is 10.2 Å². The number of amides is 1. The molecule has 0 bridgehead atoms. The second-order valence-electron chi connectivity index (χ2n) is 7.41. The third kappa shape index (κ3) is 4.45. The van der Waals surface area contributed by atoms with E-state index in [1.165, 1.54) is 20.4 Å². The van der Waals surface area contributed by atoms with Crippen LogP contribution in [0.25, 0.3) is 0 Å². The van der Waals surface area contributed by atoms with Crippen LogP contribution in [0.15, 0.2) is 42.6 Å². The average molecular weight is 435 g/mol. The molecule has 1 fully saturated rings. The molecular weight excluding hydrogens is 412 g/mol. The average Bonchev–Trinajstić information content (AvgIpc) is 2.75. The number of carbonyl (C=O) groups is 1. The second-order valence-corrected chi connectivity index (χ2v) is 9.77. The maximum Gasteiger partial charge on any atom is 0.282 e. The highest BCUT2D eigenvalue weighted by atomic mass is 35.5. The molecule has 1 amide bonds. The Kier molecular flexibility index (Phi) is 5.87. The minimum Gasteiger partial charge on any atom is -0.310 e. The lowest BCUT2D eigenvalue weighted by Crippen LogP contribution is -2.50. The van der Waals surface area contributed by atoms with Crippen molar-refractivity contribution >= 4 is 33.5 Å².